The van der Waals surface area contributed by atoms with Crippen molar-refractivity contribution in [2.45, 2.75) is 26.2 Å². The summed E-state index contributed by atoms with van der Waals surface area (Å²) in [4.78, 5) is 8.16. The molecule has 94 valence electrons. The van der Waals surface area contributed by atoms with Crippen molar-refractivity contribution in [2.24, 2.45) is 5.92 Å². The molecule has 0 aromatic carbocycles. The van der Waals surface area contributed by atoms with E-state index in [9.17, 15) is 0 Å². The molecule has 0 bridgehead atoms. The number of halogens is 1. The summed E-state index contributed by atoms with van der Waals surface area (Å²) < 4.78 is 5.51. The van der Waals surface area contributed by atoms with Gasteiger partial charge in [0.05, 0.1) is 6.61 Å². The molecule has 2 rings (SSSR count). The summed E-state index contributed by atoms with van der Waals surface area (Å²) >= 11 is 5.90. The number of aromatic nitrogens is 2. The molecule has 1 saturated heterocycles. The van der Waals surface area contributed by atoms with Crippen molar-refractivity contribution in [3.63, 3.8) is 0 Å². The Hall–Kier alpha value is -0.870. The van der Waals surface area contributed by atoms with Crippen LogP contribution in [0.2, 0.25) is 5.15 Å². The molecule has 1 aliphatic heterocycles. The third-order valence-corrected chi connectivity index (χ3v) is 3.43. The normalized spacial score (nSPS) is 20.2. The SMILES string of the molecule is Cc1cnc(OCCC2CCCNC2)nc1Cl. The molecule has 0 amide bonds. The molecule has 1 atom stereocenters. The Morgan fingerprint density at radius 2 is 2.47 bits per heavy atom. The standard InChI is InChI=1S/C12H18ClN3O/c1-9-7-15-12(16-11(9)13)17-6-4-10-3-2-5-14-8-10/h7,10,14H,2-6,8H2,1H3. The number of aryl methyl sites for hydroxylation is 1. The number of hydrogen-bond acceptors (Lipinski definition) is 4. The third kappa shape index (κ3) is 3.82. The van der Waals surface area contributed by atoms with E-state index in [0.29, 0.717) is 23.7 Å². The Morgan fingerprint density at radius 1 is 1.59 bits per heavy atom. The average Bonchev–Trinajstić information content (AvgIpc) is 2.35. The van der Waals surface area contributed by atoms with Crippen molar-refractivity contribution in [3.05, 3.63) is 16.9 Å². The molecule has 5 heteroatoms. The second-order valence-corrected chi connectivity index (χ2v) is 4.83. The molecule has 0 saturated carbocycles. The molecular formula is C12H18ClN3O. The van der Waals surface area contributed by atoms with Crippen molar-refractivity contribution in [3.8, 4) is 6.01 Å². The maximum atomic E-state index is 5.90. The van der Waals surface area contributed by atoms with Gasteiger partial charge < -0.3 is 10.1 Å². The predicted molar refractivity (Wildman–Crippen MR) is 67.5 cm³/mol. The Labute approximate surface area is 107 Å². The maximum absolute atomic E-state index is 5.90. The fourth-order valence-corrected chi connectivity index (χ4v) is 2.08. The summed E-state index contributed by atoms with van der Waals surface area (Å²) in [5.41, 5.74) is 0.871. The number of hydrogen-bond donors (Lipinski definition) is 1. The fraction of sp³-hybridized carbons (Fsp3) is 0.667. The smallest absolute Gasteiger partial charge is 0.317 e. The molecule has 1 unspecified atom stereocenters. The van der Waals surface area contributed by atoms with Gasteiger partial charge in [-0.05, 0) is 45.2 Å². The number of piperidine rings is 1. The van der Waals surface area contributed by atoms with E-state index in [-0.39, 0.29) is 0 Å². The molecule has 1 fully saturated rings. The van der Waals surface area contributed by atoms with Crippen LogP contribution in [0.25, 0.3) is 0 Å². The summed E-state index contributed by atoms with van der Waals surface area (Å²) in [5, 5.41) is 3.86. The molecule has 4 nitrogen and oxygen atoms in total. The largest absolute Gasteiger partial charge is 0.463 e. The Morgan fingerprint density at radius 3 is 3.18 bits per heavy atom. The van der Waals surface area contributed by atoms with Crippen LogP contribution in [0.5, 0.6) is 6.01 Å². The highest BCUT2D eigenvalue weighted by atomic mass is 35.5. The third-order valence-electron chi connectivity index (χ3n) is 3.04. The van der Waals surface area contributed by atoms with Gasteiger partial charge in [-0.3, -0.25) is 0 Å². The average molecular weight is 256 g/mol. The molecule has 0 aliphatic carbocycles. The zero-order chi connectivity index (χ0) is 12.1. The second-order valence-electron chi connectivity index (χ2n) is 4.48. The van der Waals surface area contributed by atoms with Gasteiger partial charge in [-0.15, -0.1) is 0 Å². The summed E-state index contributed by atoms with van der Waals surface area (Å²) in [7, 11) is 0. The minimum absolute atomic E-state index is 0.379. The topological polar surface area (TPSA) is 47.0 Å². The quantitative estimate of drug-likeness (QED) is 0.838. The number of nitrogens with one attached hydrogen (secondary N) is 1. The Bertz CT molecular complexity index is 367. The van der Waals surface area contributed by atoms with E-state index in [1.54, 1.807) is 6.20 Å². The lowest BCUT2D eigenvalue weighted by Gasteiger charge is -2.22. The van der Waals surface area contributed by atoms with Crippen LogP contribution in [0.15, 0.2) is 6.20 Å². The fourth-order valence-electron chi connectivity index (χ4n) is 1.96. The molecule has 1 aromatic rings. The maximum Gasteiger partial charge on any atom is 0.317 e. The van der Waals surface area contributed by atoms with E-state index in [2.05, 4.69) is 15.3 Å². The summed E-state index contributed by atoms with van der Waals surface area (Å²) in [5.74, 6) is 0.713. The van der Waals surface area contributed by atoms with E-state index in [1.165, 1.54) is 12.8 Å². The Balaban J connectivity index is 1.75. The van der Waals surface area contributed by atoms with E-state index in [0.717, 1.165) is 25.1 Å². The van der Waals surface area contributed by atoms with Gasteiger partial charge in [-0.1, -0.05) is 11.6 Å². The number of nitrogens with zero attached hydrogens (tertiary/aromatic N) is 2. The van der Waals surface area contributed by atoms with Crippen molar-refractivity contribution in [1.29, 1.82) is 0 Å². The second kappa shape index (κ2) is 6.17. The minimum Gasteiger partial charge on any atom is -0.463 e. The van der Waals surface area contributed by atoms with Gasteiger partial charge in [-0.25, -0.2) is 4.98 Å². The van der Waals surface area contributed by atoms with Crippen molar-refractivity contribution in [1.82, 2.24) is 15.3 Å². The van der Waals surface area contributed by atoms with Gasteiger partial charge in [0.15, 0.2) is 0 Å². The van der Waals surface area contributed by atoms with Crippen LogP contribution in [0, 0.1) is 12.8 Å². The van der Waals surface area contributed by atoms with E-state index in [4.69, 9.17) is 16.3 Å². The lowest BCUT2D eigenvalue weighted by atomic mass is 9.97. The molecule has 0 radical (unpaired) electrons. The molecular weight excluding hydrogens is 238 g/mol. The molecule has 1 aliphatic rings. The van der Waals surface area contributed by atoms with Gasteiger partial charge in [0, 0.05) is 11.8 Å². The highest BCUT2D eigenvalue weighted by molar-refractivity contribution is 6.30. The molecule has 1 N–H and O–H groups in total. The van der Waals surface area contributed by atoms with Gasteiger partial charge in [0.1, 0.15) is 5.15 Å². The van der Waals surface area contributed by atoms with E-state index in [1.807, 2.05) is 6.92 Å². The summed E-state index contributed by atoms with van der Waals surface area (Å²) in [6.07, 6.45) is 5.28. The first-order valence-corrected chi connectivity index (χ1v) is 6.46. The van der Waals surface area contributed by atoms with Crippen LogP contribution in [0.4, 0.5) is 0 Å². The van der Waals surface area contributed by atoms with E-state index >= 15 is 0 Å². The lowest BCUT2D eigenvalue weighted by molar-refractivity contribution is 0.240. The first-order valence-electron chi connectivity index (χ1n) is 6.08. The zero-order valence-corrected chi connectivity index (χ0v) is 10.8. The first-order chi connectivity index (χ1) is 8.25. The van der Waals surface area contributed by atoms with E-state index < -0.39 is 0 Å². The van der Waals surface area contributed by atoms with Crippen LogP contribution in [-0.4, -0.2) is 29.7 Å². The minimum atomic E-state index is 0.379. The van der Waals surface area contributed by atoms with Crippen LogP contribution in [0.3, 0.4) is 0 Å². The van der Waals surface area contributed by atoms with Crippen LogP contribution < -0.4 is 10.1 Å². The summed E-state index contributed by atoms with van der Waals surface area (Å²) in [6.45, 7) is 4.78. The van der Waals surface area contributed by atoms with Crippen LogP contribution in [0.1, 0.15) is 24.8 Å². The van der Waals surface area contributed by atoms with Gasteiger partial charge >= 0.3 is 6.01 Å². The van der Waals surface area contributed by atoms with Crippen molar-refractivity contribution >= 4 is 11.6 Å². The van der Waals surface area contributed by atoms with Crippen LogP contribution in [-0.2, 0) is 0 Å². The number of rotatable bonds is 4. The van der Waals surface area contributed by atoms with Crippen molar-refractivity contribution in [2.75, 3.05) is 19.7 Å². The molecule has 17 heavy (non-hydrogen) atoms. The van der Waals surface area contributed by atoms with Gasteiger partial charge in [0.2, 0.25) is 0 Å². The first kappa shape index (κ1) is 12.6. The zero-order valence-electron chi connectivity index (χ0n) is 10.1. The highest BCUT2D eigenvalue weighted by Gasteiger charge is 2.13. The molecule has 1 aromatic heterocycles. The van der Waals surface area contributed by atoms with Crippen molar-refractivity contribution < 1.29 is 4.74 Å². The monoisotopic (exact) mass is 255 g/mol. The predicted octanol–water partition coefficient (Wildman–Crippen LogP) is 2.21. The lowest BCUT2D eigenvalue weighted by Crippen LogP contribution is -2.30. The van der Waals surface area contributed by atoms with Crippen LogP contribution >= 0.6 is 11.6 Å². The Kier molecular flexibility index (Phi) is 4.57. The molecule has 2 heterocycles. The van der Waals surface area contributed by atoms with Gasteiger partial charge in [0.25, 0.3) is 0 Å². The number of ether oxygens (including phenoxy) is 1. The molecule has 0 spiro atoms. The summed E-state index contributed by atoms with van der Waals surface area (Å²) in [6, 6.07) is 0.379. The highest BCUT2D eigenvalue weighted by Crippen LogP contribution is 2.16. The van der Waals surface area contributed by atoms with Gasteiger partial charge in [-0.2, -0.15) is 4.98 Å².